The zero-order valence-electron chi connectivity index (χ0n) is 14.4. The smallest absolute Gasteiger partial charge is 0.248 e. The molecule has 0 fully saturated rings. The van der Waals surface area contributed by atoms with Gasteiger partial charge in [-0.15, -0.1) is 0 Å². The Labute approximate surface area is 151 Å². The van der Waals surface area contributed by atoms with Crippen molar-refractivity contribution < 1.29 is 4.79 Å². The van der Waals surface area contributed by atoms with Crippen LogP contribution in [0.25, 0.3) is 17.2 Å². The van der Waals surface area contributed by atoms with Crippen molar-refractivity contribution in [2.45, 2.75) is 13.1 Å². The number of benzene rings is 1. The second-order valence-electron chi connectivity index (χ2n) is 6.28. The molecule has 1 aliphatic heterocycles. The molecule has 1 aliphatic rings. The van der Waals surface area contributed by atoms with E-state index in [0.29, 0.717) is 0 Å². The number of nitrogens with one attached hydrogen (secondary N) is 2. The Morgan fingerprint density at radius 3 is 2.96 bits per heavy atom. The number of pyridine rings is 1. The Morgan fingerprint density at radius 1 is 1.23 bits per heavy atom. The predicted octanol–water partition coefficient (Wildman–Crippen LogP) is 2.74. The van der Waals surface area contributed by atoms with Gasteiger partial charge in [0.2, 0.25) is 5.91 Å². The van der Waals surface area contributed by atoms with Gasteiger partial charge < -0.3 is 10.6 Å². The first-order valence-corrected chi connectivity index (χ1v) is 8.44. The Balaban J connectivity index is 1.50. The van der Waals surface area contributed by atoms with E-state index in [1.807, 2.05) is 31.4 Å². The normalized spacial score (nSPS) is 13.1. The maximum atomic E-state index is 12.3. The van der Waals surface area contributed by atoms with Gasteiger partial charge in [0.05, 0.1) is 6.20 Å². The first-order chi connectivity index (χ1) is 12.7. The lowest BCUT2D eigenvalue weighted by Crippen LogP contribution is -2.08. The highest BCUT2D eigenvalue weighted by atomic mass is 16.1. The highest BCUT2D eigenvalue weighted by Gasteiger charge is 2.11. The molecule has 4 rings (SSSR count). The number of carbonyl (C=O) groups excluding carboxylic acids is 1. The number of aryl methyl sites for hydroxylation is 1. The first-order valence-electron chi connectivity index (χ1n) is 8.44. The van der Waals surface area contributed by atoms with Crippen molar-refractivity contribution in [1.82, 2.24) is 20.1 Å². The molecule has 26 heavy (non-hydrogen) atoms. The number of rotatable bonds is 4. The Hall–Kier alpha value is -3.25. The van der Waals surface area contributed by atoms with Crippen LogP contribution >= 0.6 is 0 Å². The van der Waals surface area contributed by atoms with E-state index < -0.39 is 0 Å². The van der Waals surface area contributed by atoms with Gasteiger partial charge in [-0.3, -0.25) is 14.5 Å². The van der Waals surface area contributed by atoms with E-state index in [9.17, 15) is 4.79 Å². The molecule has 0 spiro atoms. The monoisotopic (exact) mass is 345 g/mol. The van der Waals surface area contributed by atoms with E-state index in [1.165, 1.54) is 17.2 Å². The van der Waals surface area contributed by atoms with Gasteiger partial charge in [-0.25, -0.2) is 0 Å². The van der Waals surface area contributed by atoms with Gasteiger partial charge in [0.1, 0.15) is 0 Å². The molecule has 6 nitrogen and oxygen atoms in total. The molecule has 3 aromatic rings. The maximum Gasteiger partial charge on any atom is 0.248 e. The van der Waals surface area contributed by atoms with Crippen LogP contribution in [-0.2, 0) is 24.9 Å². The fourth-order valence-corrected chi connectivity index (χ4v) is 3.08. The van der Waals surface area contributed by atoms with Gasteiger partial charge in [0.25, 0.3) is 0 Å². The van der Waals surface area contributed by atoms with Crippen molar-refractivity contribution in [3.8, 4) is 11.1 Å². The lowest BCUT2D eigenvalue weighted by atomic mass is 10.0. The van der Waals surface area contributed by atoms with Gasteiger partial charge in [0, 0.05) is 61.6 Å². The minimum absolute atomic E-state index is 0.170. The molecule has 0 saturated carbocycles. The lowest BCUT2D eigenvalue weighted by molar-refractivity contribution is -0.111. The fraction of sp³-hybridized carbons (Fsp3) is 0.150. The van der Waals surface area contributed by atoms with Crippen LogP contribution in [0, 0.1) is 0 Å². The summed E-state index contributed by atoms with van der Waals surface area (Å²) >= 11 is 0. The zero-order chi connectivity index (χ0) is 17.9. The number of carbonyl (C=O) groups is 1. The van der Waals surface area contributed by atoms with Gasteiger partial charge in [-0.05, 0) is 41.0 Å². The zero-order valence-corrected chi connectivity index (χ0v) is 14.4. The Morgan fingerprint density at radius 2 is 2.12 bits per heavy atom. The van der Waals surface area contributed by atoms with Crippen molar-refractivity contribution in [3.05, 3.63) is 71.8 Å². The van der Waals surface area contributed by atoms with Crippen LogP contribution in [0.2, 0.25) is 0 Å². The van der Waals surface area contributed by atoms with E-state index in [-0.39, 0.29) is 5.91 Å². The van der Waals surface area contributed by atoms with Gasteiger partial charge >= 0.3 is 0 Å². The van der Waals surface area contributed by atoms with Crippen LogP contribution in [0.5, 0.6) is 0 Å². The summed E-state index contributed by atoms with van der Waals surface area (Å²) in [5.41, 5.74) is 6.17. The average Bonchev–Trinajstić information content (AvgIpc) is 3.28. The highest BCUT2D eigenvalue weighted by Crippen LogP contribution is 2.23. The SMILES string of the molecule is Cn1cc(-c2ccncc2/C=C/C(=O)Nc2ccc3c(c2)CNC3)cn1. The summed E-state index contributed by atoms with van der Waals surface area (Å²) in [6.45, 7) is 1.74. The molecule has 3 heterocycles. The lowest BCUT2D eigenvalue weighted by Gasteiger charge is -2.05. The van der Waals surface area contributed by atoms with Crippen molar-refractivity contribution in [2.75, 3.05) is 5.32 Å². The Kier molecular flexibility index (Phi) is 4.33. The largest absolute Gasteiger partial charge is 0.323 e. The number of aromatic nitrogens is 3. The number of anilines is 1. The molecule has 2 aromatic heterocycles. The third-order valence-corrected chi connectivity index (χ3v) is 4.39. The number of amides is 1. The van der Waals surface area contributed by atoms with Crippen LogP contribution in [0.1, 0.15) is 16.7 Å². The molecule has 1 aromatic carbocycles. The summed E-state index contributed by atoms with van der Waals surface area (Å²) in [5.74, 6) is -0.170. The minimum Gasteiger partial charge on any atom is -0.323 e. The molecule has 0 bridgehead atoms. The van der Waals surface area contributed by atoms with E-state index in [2.05, 4.69) is 26.8 Å². The molecular formula is C20H19N5O. The number of fused-ring (bicyclic) bond motifs is 1. The molecule has 0 saturated heterocycles. The molecule has 0 aliphatic carbocycles. The molecule has 0 unspecified atom stereocenters. The second kappa shape index (κ2) is 6.93. The molecule has 130 valence electrons. The van der Waals surface area contributed by atoms with Crippen molar-refractivity contribution in [1.29, 1.82) is 0 Å². The molecular weight excluding hydrogens is 326 g/mol. The first kappa shape index (κ1) is 16.2. The second-order valence-corrected chi connectivity index (χ2v) is 6.28. The van der Waals surface area contributed by atoms with Gasteiger partial charge in [0.15, 0.2) is 0 Å². The molecule has 2 N–H and O–H groups in total. The fourth-order valence-electron chi connectivity index (χ4n) is 3.08. The number of hydrogen-bond donors (Lipinski definition) is 2. The Bertz CT molecular complexity index is 989. The summed E-state index contributed by atoms with van der Waals surface area (Å²) in [5, 5.41) is 10.4. The van der Waals surface area contributed by atoms with Gasteiger partial charge in [-0.2, -0.15) is 5.10 Å². The minimum atomic E-state index is -0.170. The van der Waals surface area contributed by atoms with E-state index >= 15 is 0 Å². The molecule has 6 heteroatoms. The van der Waals surface area contributed by atoms with Crippen LogP contribution in [-0.4, -0.2) is 20.7 Å². The van der Waals surface area contributed by atoms with E-state index in [4.69, 9.17) is 0 Å². The molecule has 0 radical (unpaired) electrons. The maximum absolute atomic E-state index is 12.3. The molecule has 1 amide bonds. The topological polar surface area (TPSA) is 71.8 Å². The van der Waals surface area contributed by atoms with Crippen molar-refractivity contribution in [3.63, 3.8) is 0 Å². The van der Waals surface area contributed by atoms with Crippen LogP contribution in [0.4, 0.5) is 5.69 Å². The summed E-state index contributed by atoms with van der Waals surface area (Å²) in [7, 11) is 1.87. The predicted molar refractivity (Wildman–Crippen MR) is 101 cm³/mol. The van der Waals surface area contributed by atoms with Crippen molar-refractivity contribution in [2.24, 2.45) is 7.05 Å². The summed E-state index contributed by atoms with van der Waals surface area (Å²) in [6, 6.07) is 7.92. The third kappa shape index (κ3) is 3.41. The van der Waals surface area contributed by atoms with E-state index in [1.54, 1.807) is 29.3 Å². The quantitative estimate of drug-likeness (QED) is 0.713. The number of hydrogen-bond acceptors (Lipinski definition) is 4. The standard InChI is InChI=1S/C20H19N5O/c1-25-13-17(12-23-25)19-6-7-21-10-15(19)3-5-20(26)24-18-4-2-14-9-22-11-16(14)8-18/h2-8,10,12-13,22H,9,11H2,1H3,(H,24,26)/b5-3+. The summed E-state index contributed by atoms with van der Waals surface area (Å²) in [6.07, 6.45) is 10.5. The van der Waals surface area contributed by atoms with Gasteiger partial charge in [-0.1, -0.05) is 6.07 Å². The summed E-state index contributed by atoms with van der Waals surface area (Å²) in [4.78, 5) is 16.4. The average molecular weight is 345 g/mol. The highest BCUT2D eigenvalue weighted by molar-refractivity contribution is 6.02. The van der Waals surface area contributed by atoms with E-state index in [0.717, 1.165) is 35.5 Å². The summed E-state index contributed by atoms with van der Waals surface area (Å²) < 4.78 is 1.75. The third-order valence-electron chi connectivity index (χ3n) is 4.39. The van der Waals surface area contributed by atoms with Crippen LogP contribution in [0.3, 0.4) is 0 Å². The molecule has 0 atom stereocenters. The number of nitrogens with zero attached hydrogens (tertiary/aromatic N) is 3. The van der Waals surface area contributed by atoms with Crippen LogP contribution in [0.15, 0.2) is 55.1 Å². The van der Waals surface area contributed by atoms with Crippen LogP contribution < -0.4 is 10.6 Å². The van der Waals surface area contributed by atoms with Crippen molar-refractivity contribution >= 4 is 17.7 Å².